The van der Waals surface area contributed by atoms with Gasteiger partial charge in [-0.05, 0) is 38.0 Å². The van der Waals surface area contributed by atoms with Crippen LogP contribution >= 0.6 is 23.1 Å². The number of thiophene rings is 1. The zero-order valence-corrected chi connectivity index (χ0v) is 18.0. The minimum atomic E-state index is -0.416. The van der Waals surface area contributed by atoms with Crippen molar-refractivity contribution >= 4 is 40.0 Å². The van der Waals surface area contributed by atoms with Gasteiger partial charge in [-0.1, -0.05) is 36.9 Å². The molecule has 2 heterocycles. The quantitative estimate of drug-likeness (QED) is 0.412. The van der Waals surface area contributed by atoms with Gasteiger partial charge in [0.1, 0.15) is 5.00 Å². The molecule has 0 saturated heterocycles. The molecule has 0 aliphatic carbocycles. The maximum absolute atomic E-state index is 12.4. The first-order chi connectivity index (χ1) is 14.0. The summed E-state index contributed by atoms with van der Waals surface area (Å²) in [4.78, 5) is 25.8. The van der Waals surface area contributed by atoms with Crippen LogP contribution in [-0.2, 0) is 16.0 Å². The molecule has 3 rings (SSSR count). The first kappa shape index (κ1) is 21.1. The molecule has 0 saturated carbocycles. The Kier molecular flexibility index (Phi) is 7.05. The number of carbonyl (C=O) groups excluding carboxylic acids is 2. The van der Waals surface area contributed by atoms with Crippen LogP contribution in [0.25, 0.3) is 11.5 Å². The van der Waals surface area contributed by atoms with Gasteiger partial charge >= 0.3 is 5.97 Å². The normalized spacial score (nSPS) is 10.7. The summed E-state index contributed by atoms with van der Waals surface area (Å²) in [7, 11) is 0. The second-order valence-corrected chi connectivity index (χ2v) is 8.14. The van der Waals surface area contributed by atoms with E-state index >= 15 is 0 Å². The Morgan fingerprint density at radius 3 is 2.66 bits per heavy atom. The van der Waals surface area contributed by atoms with Crippen LogP contribution in [0.15, 0.2) is 40.0 Å². The molecule has 0 radical (unpaired) electrons. The fourth-order valence-electron chi connectivity index (χ4n) is 2.77. The lowest BCUT2D eigenvalue weighted by atomic mass is 10.1. The van der Waals surface area contributed by atoms with Crippen LogP contribution in [0.5, 0.6) is 0 Å². The third-order valence-electron chi connectivity index (χ3n) is 4.05. The largest absolute Gasteiger partial charge is 0.462 e. The highest BCUT2D eigenvalue weighted by Crippen LogP contribution is 2.34. The Labute approximate surface area is 176 Å². The van der Waals surface area contributed by atoms with Crippen LogP contribution in [-0.4, -0.2) is 34.4 Å². The number of nitrogens with zero attached hydrogens (tertiary/aromatic N) is 2. The number of aryl methyl sites for hydroxylation is 1. The Hall–Kier alpha value is -2.65. The maximum atomic E-state index is 12.4. The monoisotopic (exact) mass is 431 g/mol. The van der Waals surface area contributed by atoms with Crippen molar-refractivity contribution in [3.8, 4) is 11.5 Å². The first-order valence-electron chi connectivity index (χ1n) is 9.14. The average Bonchev–Trinajstić information content (AvgIpc) is 3.31. The van der Waals surface area contributed by atoms with E-state index in [1.54, 1.807) is 6.92 Å². The van der Waals surface area contributed by atoms with E-state index in [9.17, 15) is 9.59 Å². The van der Waals surface area contributed by atoms with Crippen LogP contribution in [0.2, 0.25) is 0 Å². The van der Waals surface area contributed by atoms with Crippen LogP contribution in [0.1, 0.15) is 34.6 Å². The van der Waals surface area contributed by atoms with E-state index < -0.39 is 5.97 Å². The molecule has 0 aliphatic heterocycles. The van der Waals surface area contributed by atoms with E-state index in [0.29, 0.717) is 28.1 Å². The van der Waals surface area contributed by atoms with Gasteiger partial charge in [0.05, 0.1) is 17.9 Å². The Morgan fingerprint density at radius 2 is 1.97 bits per heavy atom. The molecule has 7 nitrogen and oxygen atoms in total. The molecule has 0 fully saturated rings. The van der Waals surface area contributed by atoms with Crippen molar-refractivity contribution in [1.29, 1.82) is 0 Å². The number of hydrogen-bond donors (Lipinski definition) is 1. The second kappa shape index (κ2) is 9.71. The molecule has 3 aromatic rings. The van der Waals surface area contributed by atoms with Crippen molar-refractivity contribution in [3.63, 3.8) is 0 Å². The summed E-state index contributed by atoms with van der Waals surface area (Å²) >= 11 is 2.52. The lowest BCUT2D eigenvalue weighted by Gasteiger charge is -2.07. The number of hydrogen-bond acceptors (Lipinski definition) is 8. The van der Waals surface area contributed by atoms with Crippen molar-refractivity contribution in [2.24, 2.45) is 0 Å². The van der Waals surface area contributed by atoms with Crippen molar-refractivity contribution in [2.75, 3.05) is 17.7 Å². The highest BCUT2D eigenvalue weighted by Gasteiger charge is 2.23. The van der Waals surface area contributed by atoms with Crippen molar-refractivity contribution in [3.05, 3.63) is 46.3 Å². The third kappa shape index (κ3) is 5.04. The van der Waals surface area contributed by atoms with Gasteiger partial charge in [0, 0.05) is 10.4 Å². The highest BCUT2D eigenvalue weighted by atomic mass is 32.2. The lowest BCUT2D eigenvalue weighted by Crippen LogP contribution is -2.16. The van der Waals surface area contributed by atoms with E-state index in [2.05, 4.69) is 15.5 Å². The summed E-state index contributed by atoms with van der Waals surface area (Å²) < 4.78 is 10.8. The van der Waals surface area contributed by atoms with Gasteiger partial charge in [-0.15, -0.1) is 21.5 Å². The van der Waals surface area contributed by atoms with Crippen molar-refractivity contribution in [1.82, 2.24) is 10.2 Å². The molecule has 0 atom stereocenters. The maximum Gasteiger partial charge on any atom is 0.341 e. The Bertz CT molecular complexity index is 999. The number of ether oxygens (including phenoxy) is 1. The van der Waals surface area contributed by atoms with Crippen LogP contribution in [0.4, 0.5) is 5.00 Å². The topological polar surface area (TPSA) is 94.3 Å². The average molecular weight is 432 g/mol. The molecular weight excluding hydrogens is 410 g/mol. The van der Waals surface area contributed by atoms with Gasteiger partial charge < -0.3 is 14.5 Å². The van der Waals surface area contributed by atoms with E-state index in [1.165, 1.54) is 11.3 Å². The first-order valence-corrected chi connectivity index (χ1v) is 10.9. The van der Waals surface area contributed by atoms with Gasteiger partial charge in [-0.2, -0.15) is 0 Å². The molecule has 0 unspecified atom stereocenters. The van der Waals surface area contributed by atoms with Gasteiger partial charge in [-0.3, -0.25) is 4.79 Å². The third-order valence-corrected chi connectivity index (χ3v) is 5.93. The molecule has 1 N–H and O–H groups in total. The number of anilines is 1. The second-order valence-electron chi connectivity index (χ2n) is 5.99. The van der Waals surface area contributed by atoms with E-state index in [1.807, 2.05) is 44.2 Å². The highest BCUT2D eigenvalue weighted by molar-refractivity contribution is 7.99. The number of aromatic nitrogens is 2. The minimum absolute atomic E-state index is 0.0805. The number of esters is 1. The number of amides is 1. The SMILES string of the molecule is CCOC(=O)c1c(NC(=O)CSc2nnc(-c3ccccc3)o2)sc(C)c1CC. The van der Waals surface area contributed by atoms with Crippen molar-refractivity contribution < 1.29 is 18.7 Å². The van der Waals surface area contributed by atoms with Crippen molar-refractivity contribution in [2.45, 2.75) is 32.4 Å². The van der Waals surface area contributed by atoms with E-state index in [-0.39, 0.29) is 18.3 Å². The van der Waals surface area contributed by atoms with Gasteiger partial charge in [0.2, 0.25) is 11.8 Å². The molecule has 1 aromatic carbocycles. The van der Waals surface area contributed by atoms with Crippen LogP contribution < -0.4 is 5.32 Å². The number of rotatable bonds is 8. The standard InChI is InChI=1S/C20H21N3O4S2/c1-4-14-12(3)29-18(16(14)19(25)26-5-2)21-15(24)11-28-20-23-22-17(27-20)13-9-7-6-8-10-13/h6-10H,4-5,11H2,1-3H3,(H,21,24). The minimum Gasteiger partial charge on any atom is -0.462 e. The van der Waals surface area contributed by atoms with Crippen LogP contribution in [0.3, 0.4) is 0 Å². The number of benzene rings is 1. The van der Waals surface area contributed by atoms with E-state index in [0.717, 1.165) is 27.8 Å². The lowest BCUT2D eigenvalue weighted by molar-refractivity contribution is -0.113. The van der Waals surface area contributed by atoms with Crippen LogP contribution in [0, 0.1) is 6.92 Å². The van der Waals surface area contributed by atoms with Gasteiger partial charge in [0.15, 0.2) is 0 Å². The fourth-order valence-corrected chi connectivity index (χ4v) is 4.48. The summed E-state index contributed by atoms with van der Waals surface area (Å²) in [6.45, 7) is 5.94. The predicted octanol–water partition coefficient (Wildman–Crippen LogP) is 4.58. The molecule has 9 heteroatoms. The molecule has 0 spiro atoms. The number of nitrogens with one attached hydrogen (secondary N) is 1. The number of carbonyl (C=O) groups is 2. The molecule has 29 heavy (non-hydrogen) atoms. The molecule has 1 amide bonds. The molecule has 2 aromatic heterocycles. The summed E-state index contributed by atoms with van der Waals surface area (Å²) in [5.41, 5.74) is 2.16. The molecule has 0 bridgehead atoms. The smallest absolute Gasteiger partial charge is 0.341 e. The molecular formula is C20H21N3O4S2. The Morgan fingerprint density at radius 1 is 1.21 bits per heavy atom. The molecule has 152 valence electrons. The van der Waals surface area contributed by atoms with Gasteiger partial charge in [0.25, 0.3) is 5.22 Å². The number of thioether (sulfide) groups is 1. The van der Waals surface area contributed by atoms with Gasteiger partial charge in [-0.25, -0.2) is 4.79 Å². The molecule has 0 aliphatic rings. The van der Waals surface area contributed by atoms with E-state index in [4.69, 9.17) is 9.15 Å². The predicted molar refractivity (Wildman–Crippen MR) is 113 cm³/mol. The summed E-state index contributed by atoms with van der Waals surface area (Å²) in [6, 6.07) is 9.41. The zero-order valence-electron chi connectivity index (χ0n) is 16.4. The Balaban J connectivity index is 1.66. The summed E-state index contributed by atoms with van der Waals surface area (Å²) in [5.74, 6) is -0.193. The summed E-state index contributed by atoms with van der Waals surface area (Å²) in [5, 5.41) is 11.6. The summed E-state index contributed by atoms with van der Waals surface area (Å²) in [6.07, 6.45) is 0.686. The fraction of sp³-hybridized carbons (Fsp3) is 0.300. The zero-order chi connectivity index (χ0) is 20.8.